The Balaban J connectivity index is 1.61. The molecule has 2 aromatic carbocycles. The molecule has 0 saturated carbocycles. The number of benzene rings is 2. The van der Waals surface area contributed by atoms with E-state index in [0.717, 1.165) is 22.6 Å². The summed E-state index contributed by atoms with van der Waals surface area (Å²) in [5.74, 6) is 1.50. The predicted molar refractivity (Wildman–Crippen MR) is 107 cm³/mol. The van der Waals surface area contributed by atoms with E-state index < -0.39 is 0 Å². The van der Waals surface area contributed by atoms with Gasteiger partial charge in [-0.05, 0) is 35.7 Å². The van der Waals surface area contributed by atoms with E-state index in [1.807, 2.05) is 36.4 Å². The molecule has 1 aromatic heterocycles. The maximum atomic E-state index is 13.3. The summed E-state index contributed by atoms with van der Waals surface area (Å²) in [6.45, 7) is 0. The number of carbonyl (C=O) groups excluding carboxylic acids is 1. The zero-order valence-corrected chi connectivity index (χ0v) is 15.9. The topological polar surface area (TPSA) is 89.3 Å². The lowest BCUT2D eigenvalue weighted by Gasteiger charge is -2.35. The average Bonchev–Trinajstić information content (AvgIpc) is 3.20. The Labute approximate surface area is 167 Å². The highest BCUT2D eigenvalue weighted by Crippen LogP contribution is 2.45. The molecule has 0 unspecified atom stereocenters. The van der Waals surface area contributed by atoms with E-state index in [9.17, 15) is 9.90 Å². The van der Waals surface area contributed by atoms with Gasteiger partial charge in [0, 0.05) is 23.6 Å². The van der Waals surface area contributed by atoms with E-state index in [0.29, 0.717) is 24.4 Å². The van der Waals surface area contributed by atoms with Crippen LogP contribution in [-0.4, -0.2) is 32.8 Å². The SMILES string of the molecule is COc1cccc([C@@H]2C3=C(C[C@@H](c4ccccc4O)CC3=O)Nc3ncnn32)c1. The molecule has 7 heteroatoms. The first-order chi connectivity index (χ1) is 14.2. The molecule has 0 radical (unpaired) electrons. The number of ketones is 1. The summed E-state index contributed by atoms with van der Waals surface area (Å²) in [6.07, 6.45) is 2.44. The summed E-state index contributed by atoms with van der Waals surface area (Å²) in [4.78, 5) is 17.6. The average molecular weight is 388 g/mol. The Morgan fingerprint density at radius 2 is 2.03 bits per heavy atom. The fourth-order valence-corrected chi connectivity index (χ4v) is 4.32. The molecule has 2 aliphatic rings. The van der Waals surface area contributed by atoms with Gasteiger partial charge in [-0.25, -0.2) is 4.68 Å². The zero-order chi connectivity index (χ0) is 20.0. The Morgan fingerprint density at radius 1 is 1.17 bits per heavy atom. The number of carbonyl (C=O) groups is 1. The van der Waals surface area contributed by atoms with E-state index in [4.69, 9.17) is 4.74 Å². The van der Waals surface area contributed by atoms with Crippen molar-refractivity contribution >= 4 is 11.7 Å². The van der Waals surface area contributed by atoms with E-state index in [1.165, 1.54) is 6.33 Å². The van der Waals surface area contributed by atoms with Crippen LogP contribution in [0.15, 0.2) is 66.1 Å². The van der Waals surface area contributed by atoms with Crippen molar-refractivity contribution in [2.75, 3.05) is 12.4 Å². The summed E-state index contributed by atoms with van der Waals surface area (Å²) in [7, 11) is 1.62. The van der Waals surface area contributed by atoms with Gasteiger partial charge in [0.05, 0.1) is 7.11 Å². The van der Waals surface area contributed by atoms with Crippen LogP contribution in [0, 0.1) is 0 Å². The van der Waals surface area contributed by atoms with Gasteiger partial charge in [0.2, 0.25) is 5.95 Å². The second kappa shape index (κ2) is 6.77. The van der Waals surface area contributed by atoms with Gasteiger partial charge in [-0.15, -0.1) is 0 Å². The lowest BCUT2D eigenvalue weighted by molar-refractivity contribution is -0.116. The smallest absolute Gasteiger partial charge is 0.226 e. The number of rotatable bonds is 3. The first-order valence-electron chi connectivity index (χ1n) is 9.50. The molecule has 7 nitrogen and oxygen atoms in total. The highest BCUT2D eigenvalue weighted by Gasteiger charge is 2.39. The van der Waals surface area contributed by atoms with Gasteiger partial charge in [-0.2, -0.15) is 10.1 Å². The number of phenols is 1. The highest BCUT2D eigenvalue weighted by atomic mass is 16.5. The van der Waals surface area contributed by atoms with Crippen LogP contribution in [0.4, 0.5) is 5.95 Å². The molecule has 0 spiro atoms. The fourth-order valence-electron chi connectivity index (χ4n) is 4.32. The van der Waals surface area contributed by atoms with Gasteiger partial charge in [0.25, 0.3) is 0 Å². The second-order valence-corrected chi connectivity index (χ2v) is 7.31. The number of hydrogen-bond acceptors (Lipinski definition) is 6. The maximum absolute atomic E-state index is 13.3. The fraction of sp³-hybridized carbons (Fsp3) is 0.227. The maximum Gasteiger partial charge on any atom is 0.226 e. The molecule has 5 rings (SSSR count). The third-order valence-corrected chi connectivity index (χ3v) is 5.65. The number of aromatic hydroxyl groups is 1. The number of methoxy groups -OCH3 is 1. The molecule has 2 heterocycles. The normalized spacial score (nSPS) is 20.7. The third kappa shape index (κ3) is 2.86. The highest BCUT2D eigenvalue weighted by molar-refractivity contribution is 6.00. The van der Waals surface area contributed by atoms with Gasteiger partial charge >= 0.3 is 0 Å². The number of phenolic OH excluding ortho intramolecular Hbond substituents is 1. The number of anilines is 1. The number of aromatic nitrogens is 3. The number of Topliss-reactive ketones (excluding diaryl/α,β-unsaturated/α-hetero) is 1. The van der Waals surface area contributed by atoms with Crippen LogP contribution in [0.2, 0.25) is 0 Å². The first kappa shape index (κ1) is 17.5. The van der Waals surface area contributed by atoms with Crippen LogP contribution >= 0.6 is 0 Å². The van der Waals surface area contributed by atoms with Crippen LogP contribution in [-0.2, 0) is 4.79 Å². The van der Waals surface area contributed by atoms with Crippen LogP contribution in [0.3, 0.4) is 0 Å². The zero-order valence-electron chi connectivity index (χ0n) is 15.9. The van der Waals surface area contributed by atoms with Crippen molar-refractivity contribution < 1.29 is 14.6 Å². The minimum atomic E-state index is -0.364. The molecule has 3 aromatic rings. The first-order valence-corrected chi connectivity index (χ1v) is 9.50. The van der Waals surface area contributed by atoms with Gasteiger partial charge in [0.1, 0.15) is 23.9 Å². The largest absolute Gasteiger partial charge is 0.508 e. The van der Waals surface area contributed by atoms with Crippen molar-refractivity contribution in [3.63, 3.8) is 0 Å². The molecule has 0 saturated heterocycles. The summed E-state index contributed by atoms with van der Waals surface area (Å²) in [5.41, 5.74) is 3.24. The third-order valence-electron chi connectivity index (χ3n) is 5.65. The molecule has 2 atom stereocenters. The monoisotopic (exact) mass is 388 g/mol. The van der Waals surface area contributed by atoms with Gasteiger partial charge in [-0.3, -0.25) is 4.79 Å². The van der Waals surface area contributed by atoms with Crippen molar-refractivity contribution in [1.29, 1.82) is 0 Å². The van der Waals surface area contributed by atoms with E-state index >= 15 is 0 Å². The van der Waals surface area contributed by atoms with E-state index in [-0.39, 0.29) is 23.5 Å². The van der Waals surface area contributed by atoms with Crippen LogP contribution < -0.4 is 10.1 Å². The van der Waals surface area contributed by atoms with Crippen molar-refractivity contribution in [3.8, 4) is 11.5 Å². The standard InChI is InChI=1S/C22H20N4O3/c1-29-15-6-4-5-13(9-15)21-20-17(25-22-23-12-24-26(21)22)10-14(11-19(20)28)16-7-2-3-8-18(16)27/h2-9,12,14,21,27H,10-11H2,1H3,(H,23,24,25)/t14-,21-/m1/s1. The minimum absolute atomic E-state index is 0.0426. The van der Waals surface area contributed by atoms with Crippen LogP contribution in [0.1, 0.15) is 35.9 Å². The van der Waals surface area contributed by atoms with Crippen molar-refractivity contribution in [3.05, 3.63) is 77.3 Å². The summed E-state index contributed by atoms with van der Waals surface area (Å²) < 4.78 is 7.12. The molecule has 29 heavy (non-hydrogen) atoms. The van der Waals surface area contributed by atoms with Crippen molar-refractivity contribution in [2.45, 2.75) is 24.8 Å². The quantitative estimate of drug-likeness (QED) is 0.715. The lowest BCUT2D eigenvalue weighted by atomic mass is 9.77. The number of ether oxygens (including phenoxy) is 1. The van der Waals surface area contributed by atoms with Crippen LogP contribution in [0.5, 0.6) is 11.5 Å². The Hall–Kier alpha value is -3.61. The van der Waals surface area contributed by atoms with E-state index in [1.54, 1.807) is 23.9 Å². The summed E-state index contributed by atoms with van der Waals surface area (Å²) in [5, 5.41) is 17.9. The van der Waals surface area contributed by atoms with Gasteiger partial charge in [0.15, 0.2) is 5.78 Å². The number of fused-ring (bicyclic) bond motifs is 1. The Bertz CT molecular complexity index is 1130. The van der Waals surface area contributed by atoms with Gasteiger partial charge < -0.3 is 15.2 Å². The summed E-state index contributed by atoms with van der Waals surface area (Å²) in [6, 6.07) is 14.5. The molecular weight excluding hydrogens is 368 g/mol. The Kier molecular flexibility index (Phi) is 4.08. The minimum Gasteiger partial charge on any atom is -0.508 e. The van der Waals surface area contributed by atoms with Crippen molar-refractivity contribution in [1.82, 2.24) is 14.8 Å². The number of nitrogens with one attached hydrogen (secondary N) is 1. The molecule has 0 bridgehead atoms. The molecule has 146 valence electrons. The molecule has 0 fully saturated rings. The van der Waals surface area contributed by atoms with Crippen LogP contribution in [0.25, 0.3) is 0 Å². The number of para-hydroxylation sites is 1. The van der Waals surface area contributed by atoms with Crippen molar-refractivity contribution in [2.24, 2.45) is 0 Å². The second-order valence-electron chi connectivity index (χ2n) is 7.31. The number of nitrogens with zero attached hydrogens (tertiary/aromatic N) is 3. The summed E-state index contributed by atoms with van der Waals surface area (Å²) >= 11 is 0. The predicted octanol–water partition coefficient (Wildman–Crippen LogP) is 3.41. The molecule has 2 N–H and O–H groups in total. The molecule has 1 aliphatic heterocycles. The lowest BCUT2D eigenvalue weighted by Crippen LogP contribution is -2.33. The molecule has 1 aliphatic carbocycles. The van der Waals surface area contributed by atoms with E-state index in [2.05, 4.69) is 15.4 Å². The molecule has 0 amide bonds. The Morgan fingerprint density at radius 3 is 2.86 bits per heavy atom. The number of allylic oxidation sites excluding steroid dienone is 2. The van der Waals surface area contributed by atoms with Gasteiger partial charge in [-0.1, -0.05) is 30.3 Å². The molecular formula is C22H20N4O3. The number of hydrogen-bond donors (Lipinski definition) is 2.